The van der Waals surface area contributed by atoms with Crippen LogP contribution in [0.3, 0.4) is 0 Å². The normalized spacial score (nSPS) is 10.6. The van der Waals surface area contributed by atoms with Crippen molar-refractivity contribution in [3.63, 3.8) is 0 Å². The van der Waals surface area contributed by atoms with Crippen molar-refractivity contribution in [2.45, 2.75) is 32.0 Å². The predicted molar refractivity (Wildman–Crippen MR) is 109 cm³/mol. The third kappa shape index (κ3) is 5.04. The number of Topliss-reactive ketones (excluding diaryl/α,β-unsaturated/α-hetero) is 1. The van der Waals surface area contributed by atoms with Crippen LogP contribution in [0.4, 0.5) is 5.69 Å². The summed E-state index contributed by atoms with van der Waals surface area (Å²) in [6, 6.07) is 13.0. The van der Waals surface area contributed by atoms with Crippen LogP contribution < -0.4 is 5.32 Å². The van der Waals surface area contributed by atoms with Gasteiger partial charge in [-0.1, -0.05) is 30.0 Å². The van der Waals surface area contributed by atoms with E-state index in [4.69, 9.17) is 0 Å². The number of carbonyl (C=O) groups excluding carboxylic acids is 2. The molecule has 3 aromatic rings. The Kier molecular flexibility index (Phi) is 6.54. The fourth-order valence-corrected chi connectivity index (χ4v) is 3.46. The Balaban J connectivity index is 1.68. The molecule has 2 heterocycles. The Labute approximate surface area is 167 Å². The molecule has 0 radical (unpaired) electrons. The summed E-state index contributed by atoms with van der Waals surface area (Å²) in [5.74, 6) is 0.904. The highest BCUT2D eigenvalue weighted by Crippen LogP contribution is 2.24. The molecule has 0 fully saturated rings. The number of thioether (sulfide) groups is 1. The average molecular weight is 395 g/mol. The highest BCUT2D eigenvalue weighted by molar-refractivity contribution is 7.99. The first kappa shape index (κ1) is 19.8. The van der Waals surface area contributed by atoms with Crippen LogP contribution in [0.15, 0.2) is 53.8 Å². The molecule has 3 rings (SSSR count). The van der Waals surface area contributed by atoms with Crippen molar-refractivity contribution in [2.24, 2.45) is 0 Å². The molecule has 0 aliphatic carbocycles. The molecule has 28 heavy (non-hydrogen) atoms. The second-order valence-electron chi connectivity index (χ2n) is 6.17. The van der Waals surface area contributed by atoms with Gasteiger partial charge in [-0.3, -0.25) is 14.6 Å². The largest absolute Gasteiger partial charge is 0.325 e. The lowest BCUT2D eigenvalue weighted by molar-refractivity contribution is -0.116. The summed E-state index contributed by atoms with van der Waals surface area (Å²) in [5.41, 5.74) is 2.32. The van der Waals surface area contributed by atoms with Crippen molar-refractivity contribution in [3.05, 3.63) is 54.4 Å². The SMILES string of the molecule is CCn1c(SCC(=O)Nc2ccccc2)nnc1-c1ccc(CC(C)=O)nc1. The highest BCUT2D eigenvalue weighted by atomic mass is 32.2. The van der Waals surface area contributed by atoms with Gasteiger partial charge in [-0.25, -0.2) is 0 Å². The van der Waals surface area contributed by atoms with E-state index in [0.717, 1.165) is 16.9 Å². The molecule has 1 amide bonds. The Bertz CT molecular complexity index is 954. The van der Waals surface area contributed by atoms with Gasteiger partial charge in [-0.2, -0.15) is 0 Å². The summed E-state index contributed by atoms with van der Waals surface area (Å²) in [6.07, 6.45) is 2.02. The number of aromatic nitrogens is 4. The molecule has 7 nitrogen and oxygen atoms in total. The molecule has 0 atom stereocenters. The van der Waals surface area contributed by atoms with Gasteiger partial charge in [0.25, 0.3) is 0 Å². The van der Waals surface area contributed by atoms with Crippen molar-refractivity contribution >= 4 is 29.1 Å². The van der Waals surface area contributed by atoms with E-state index < -0.39 is 0 Å². The van der Waals surface area contributed by atoms with Crippen molar-refractivity contribution in [2.75, 3.05) is 11.1 Å². The molecule has 1 aromatic carbocycles. The van der Waals surface area contributed by atoms with E-state index in [2.05, 4.69) is 20.5 Å². The Morgan fingerprint density at radius 3 is 2.54 bits per heavy atom. The second kappa shape index (κ2) is 9.27. The van der Waals surface area contributed by atoms with Gasteiger partial charge in [-0.15, -0.1) is 10.2 Å². The Morgan fingerprint density at radius 1 is 1.11 bits per heavy atom. The second-order valence-corrected chi connectivity index (χ2v) is 7.11. The predicted octanol–water partition coefficient (Wildman–Crippen LogP) is 3.22. The van der Waals surface area contributed by atoms with Crippen LogP contribution in [0.5, 0.6) is 0 Å². The van der Waals surface area contributed by atoms with Gasteiger partial charge in [0.15, 0.2) is 11.0 Å². The first-order valence-corrected chi connectivity index (χ1v) is 9.91. The summed E-state index contributed by atoms with van der Waals surface area (Å²) in [6.45, 7) is 4.21. The monoisotopic (exact) mass is 395 g/mol. The summed E-state index contributed by atoms with van der Waals surface area (Å²) in [4.78, 5) is 27.7. The maximum absolute atomic E-state index is 12.2. The van der Waals surface area contributed by atoms with Crippen LogP contribution in [0.2, 0.25) is 0 Å². The van der Waals surface area contributed by atoms with E-state index in [1.54, 1.807) is 13.1 Å². The van der Waals surface area contributed by atoms with Crippen molar-refractivity contribution in [1.29, 1.82) is 0 Å². The van der Waals surface area contributed by atoms with E-state index in [0.29, 0.717) is 23.9 Å². The minimum Gasteiger partial charge on any atom is -0.325 e. The van der Waals surface area contributed by atoms with Gasteiger partial charge in [0.1, 0.15) is 5.78 Å². The molecule has 144 valence electrons. The van der Waals surface area contributed by atoms with Crippen LogP contribution in [-0.4, -0.2) is 37.2 Å². The standard InChI is InChI=1S/C20H21N5O2S/c1-3-25-19(15-9-10-17(21-12-15)11-14(2)26)23-24-20(25)28-13-18(27)22-16-7-5-4-6-8-16/h4-10,12H,3,11,13H2,1-2H3,(H,22,27). The van der Waals surface area contributed by atoms with Gasteiger partial charge in [-0.05, 0) is 38.1 Å². The molecule has 0 bridgehead atoms. The zero-order valence-electron chi connectivity index (χ0n) is 15.8. The Hall–Kier alpha value is -3.00. The molecule has 0 unspecified atom stereocenters. The number of para-hydroxylation sites is 1. The quantitative estimate of drug-likeness (QED) is 0.589. The summed E-state index contributed by atoms with van der Waals surface area (Å²) in [7, 11) is 0. The van der Waals surface area contributed by atoms with Gasteiger partial charge < -0.3 is 9.88 Å². The number of benzene rings is 1. The van der Waals surface area contributed by atoms with Crippen LogP contribution >= 0.6 is 11.8 Å². The average Bonchev–Trinajstić information content (AvgIpc) is 3.10. The molecular formula is C20H21N5O2S. The number of rotatable bonds is 8. The topological polar surface area (TPSA) is 89.8 Å². The molecule has 8 heteroatoms. The lowest BCUT2D eigenvalue weighted by Gasteiger charge is -2.08. The van der Waals surface area contributed by atoms with E-state index in [-0.39, 0.29) is 17.4 Å². The summed E-state index contributed by atoms with van der Waals surface area (Å²) < 4.78 is 1.95. The number of nitrogens with one attached hydrogen (secondary N) is 1. The molecule has 0 saturated carbocycles. The maximum atomic E-state index is 12.2. The highest BCUT2D eigenvalue weighted by Gasteiger charge is 2.15. The minimum absolute atomic E-state index is 0.0736. The zero-order valence-corrected chi connectivity index (χ0v) is 16.6. The van der Waals surface area contributed by atoms with Crippen molar-refractivity contribution < 1.29 is 9.59 Å². The number of pyridine rings is 1. The van der Waals surface area contributed by atoms with Gasteiger partial charge in [0.2, 0.25) is 5.91 Å². The molecule has 0 spiro atoms. The van der Waals surface area contributed by atoms with E-state index in [1.807, 2.05) is 54.0 Å². The number of hydrogen-bond donors (Lipinski definition) is 1. The fourth-order valence-electron chi connectivity index (χ4n) is 2.66. The number of nitrogens with zero attached hydrogens (tertiary/aromatic N) is 4. The number of anilines is 1. The molecule has 0 saturated heterocycles. The molecular weight excluding hydrogens is 374 g/mol. The number of hydrogen-bond acceptors (Lipinski definition) is 6. The third-order valence-corrected chi connectivity index (χ3v) is 4.90. The first-order chi connectivity index (χ1) is 13.6. The zero-order chi connectivity index (χ0) is 19.9. The minimum atomic E-state index is -0.0985. The summed E-state index contributed by atoms with van der Waals surface area (Å²) >= 11 is 1.34. The lowest BCUT2D eigenvalue weighted by atomic mass is 10.2. The molecule has 1 N–H and O–H groups in total. The summed E-state index contributed by atoms with van der Waals surface area (Å²) in [5, 5.41) is 12.0. The van der Waals surface area contributed by atoms with Gasteiger partial charge >= 0.3 is 0 Å². The van der Waals surface area contributed by atoms with Crippen LogP contribution in [0.1, 0.15) is 19.5 Å². The van der Waals surface area contributed by atoms with Crippen molar-refractivity contribution in [3.8, 4) is 11.4 Å². The van der Waals surface area contributed by atoms with Crippen LogP contribution in [0.25, 0.3) is 11.4 Å². The third-order valence-electron chi connectivity index (χ3n) is 3.94. The van der Waals surface area contributed by atoms with Gasteiger partial charge in [0.05, 0.1) is 5.75 Å². The van der Waals surface area contributed by atoms with Crippen LogP contribution in [-0.2, 0) is 22.6 Å². The van der Waals surface area contributed by atoms with E-state index >= 15 is 0 Å². The molecule has 0 aliphatic rings. The first-order valence-electron chi connectivity index (χ1n) is 8.92. The number of amides is 1. The van der Waals surface area contributed by atoms with E-state index in [1.165, 1.54) is 11.8 Å². The maximum Gasteiger partial charge on any atom is 0.234 e. The van der Waals surface area contributed by atoms with E-state index in [9.17, 15) is 9.59 Å². The number of carbonyl (C=O) groups is 2. The lowest BCUT2D eigenvalue weighted by Crippen LogP contribution is -2.14. The fraction of sp³-hybridized carbons (Fsp3) is 0.250. The number of ketones is 1. The smallest absolute Gasteiger partial charge is 0.234 e. The molecule has 0 aliphatic heterocycles. The molecule has 2 aromatic heterocycles. The van der Waals surface area contributed by atoms with Crippen molar-refractivity contribution in [1.82, 2.24) is 19.7 Å². The van der Waals surface area contributed by atoms with Gasteiger partial charge in [0, 0.05) is 36.1 Å². The Morgan fingerprint density at radius 2 is 1.89 bits per heavy atom. The van der Waals surface area contributed by atoms with Crippen LogP contribution in [0, 0.1) is 0 Å².